The van der Waals surface area contributed by atoms with Crippen LogP contribution in [-0.4, -0.2) is 36.2 Å². The summed E-state index contributed by atoms with van der Waals surface area (Å²) in [5, 5.41) is 19.5. The Kier molecular flexibility index (Phi) is 4.94. The molecule has 0 aliphatic heterocycles. The minimum Gasteiger partial charge on any atom is -0.309 e. The molecule has 0 saturated heterocycles. The molecule has 0 aromatic heterocycles. The largest absolute Gasteiger partial charge is 0.309 e. The van der Waals surface area contributed by atoms with E-state index in [9.17, 15) is 10.1 Å². The monoisotopic (exact) mass is 251 g/mol. The first-order chi connectivity index (χ1) is 8.04. The van der Waals surface area contributed by atoms with Crippen LogP contribution in [-0.2, 0) is 0 Å². The summed E-state index contributed by atoms with van der Waals surface area (Å²) in [5.74, 6) is 0.847. The van der Waals surface area contributed by atoms with Crippen LogP contribution in [0, 0.1) is 21.4 Å². The van der Waals surface area contributed by atoms with Crippen LogP contribution < -0.4 is 0 Å². The first-order valence-electron chi connectivity index (χ1n) is 5.00. The highest BCUT2D eigenvalue weighted by atomic mass is 32.2. The number of nitro groups is 1. The number of nitriles is 1. The van der Waals surface area contributed by atoms with E-state index in [1.807, 2.05) is 25.1 Å². The van der Waals surface area contributed by atoms with Crippen LogP contribution in [0.4, 0.5) is 5.69 Å². The number of benzene rings is 1. The Labute approximate surface area is 104 Å². The normalized spacial score (nSPS) is 10.2. The SMILES string of the molecule is CN(C)CCSc1ccc([N+](=O)[O-])cc1C#N. The zero-order valence-electron chi connectivity index (χ0n) is 9.71. The minimum atomic E-state index is -0.491. The van der Waals surface area contributed by atoms with Crippen LogP contribution in [0.15, 0.2) is 23.1 Å². The summed E-state index contributed by atoms with van der Waals surface area (Å²) in [6, 6.07) is 6.37. The lowest BCUT2D eigenvalue weighted by Crippen LogP contribution is -2.14. The molecule has 0 unspecified atom stereocenters. The van der Waals surface area contributed by atoms with Gasteiger partial charge in [0.25, 0.3) is 5.69 Å². The van der Waals surface area contributed by atoms with Gasteiger partial charge >= 0.3 is 0 Å². The maximum absolute atomic E-state index is 10.6. The van der Waals surface area contributed by atoms with E-state index >= 15 is 0 Å². The van der Waals surface area contributed by atoms with Crippen molar-refractivity contribution >= 4 is 17.4 Å². The van der Waals surface area contributed by atoms with Crippen LogP contribution in [0.3, 0.4) is 0 Å². The van der Waals surface area contributed by atoms with E-state index in [4.69, 9.17) is 5.26 Å². The molecule has 0 bridgehead atoms. The van der Waals surface area contributed by atoms with Crippen molar-refractivity contribution in [3.63, 3.8) is 0 Å². The fraction of sp³-hybridized carbons (Fsp3) is 0.364. The van der Waals surface area contributed by atoms with E-state index in [-0.39, 0.29) is 5.69 Å². The van der Waals surface area contributed by atoms with Crippen molar-refractivity contribution < 1.29 is 4.92 Å². The van der Waals surface area contributed by atoms with Crippen LogP contribution >= 0.6 is 11.8 Å². The molecule has 0 aliphatic carbocycles. The highest BCUT2D eigenvalue weighted by Crippen LogP contribution is 2.25. The number of hydrogen-bond acceptors (Lipinski definition) is 5. The van der Waals surface area contributed by atoms with Gasteiger partial charge in [0.15, 0.2) is 0 Å². The van der Waals surface area contributed by atoms with Crippen molar-refractivity contribution in [2.24, 2.45) is 0 Å². The lowest BCUT2D eigenvalue weighted by atomic mass is 10.2. The van der Waals surface area contributed by atoms with Gasteiger partial charge in [-0.15, -0.1) is 11.8 Å². The molecule has 0 heterocycles. The molecule has 0 N–H and O–H groups in total. The highest BCUT2D eigenvalue weighted by Gasteiger charge is 2.10. The highest BCUT2D eigenvalue weighted by molar-refractivity contribution is 7.99. The van der Waals surface area contributed by atoms with E-state index in [0.29, 0.717) is 5.56 Å². The summed E-state index contributed by atoms with van der Waals surface area (Å²) in [4.78, 5) is 12.9. The third-order valence-corrected chi connectivity index (χ3v) is 3.14. The number of thioether (sulfide) groups is 1. The smallest absolute Gasteiger partial charge is 0.270 e. The van der Waals surface area contributed by atoms with Gasteiger partial charge in [-0.25, -0.2) is 0 Å². The summed E-state index contributed by atoms with van der Waals surface area (Å²) in [5.41, 5.74) is 0.321. The average Bonchev–Trinajstić information content (AvgIpc) is 2.28. The lowest BCUT2D eigenvalue weighted by molar-refractivity contribution is -0.384. The van der Waals surface area contributed by atoms with E-state index in [2.05, 4.69) is 0 Å². The number of nitrogens with zero attached hydrogens (tertiary/aromatic N) is 3. The van der Waals surface area contributed by atoms with Crippen molar-refractivity contribution in [1.29, 1.82) is 5.26 Å². The maximum atomic E-state index is 10.6. The molecule has 0 spiro atoms. The number of nitro benzene ring substituents is 1. The van der Waals surface area contributed by atoms with Gasteiger partial charge in [-0.1, -0.05) is 0 Å². The minimum absolute atomic E-state index is 0.0430. The molecule has 6 heteroatoms. The van der Waals surface area contributed by atoms with E-state index < -0.39 is 4.92 Å². The Hall–Kier alpha value is -1.58. The molecular formula is C11H13N3O2S. The predicted octanol–water partition coefficient (Wildman–Crippen LogP) is 2.12. The van der Waals surface area contributed by atoms with Gasteiger partial charge in [-0.05, 0) is 20.2 Å². The molecule has 0 atom stereocenters. The van der Waals surface area contributed by atoms with Crippen LogP contribution in [0.25, 0.3) is 0 Å². The Morgan fingerprint density at radius 3 is 2.76 bits per heavy atom. The van der Waals surface area contributed by atoms with Gasteiger partial charge in [-0.3, -0.25) is 10.1 Å². The van der Waals surface area contributed by atoms with Crippen molar-refractivity contribution in [3.05, 3.63) is 33.9 Å². The molecule has 90 valence electrons. The molecule has 0 aliphatic rings. The zero-order valence-corrected chi connectivity index (χ0v) is 10.5. The molecule has 1 aromatic carbocycles. The van der Waals surface area contributed by atoms with Gasteiger partial charge in [0.05, 0.1) is 10.5 Å². The fourth-order valence-electron chi connectivity index (χ4n) is 1.18. The molecule has 0 saturated carbocycles. The molecule has 1 rings (SSSR count). The van der Waals surface area contributed by atoms with Gasteiger partial charge in [0.2, 0.25) is 0 Å². The van der Waals surface area contributed by atoms with Crippen LogP contribution in [0.5, 0.6) is 0 Å². The number of rotatable bonds is 5. The summed E-state index contributed by atoms with van der Waals surface area (Å²) in [7, 11) is 3.95. The first-order valence-corrected chi connectivity index (χ1v) is 5.99. The molecule has 0 fully saturated rings. The fourth-order valence-corrected chi connectivity index (χ4v) is 2.28. The summed E-state index contributed by atoms with van der Waals surface area (Å²) < 4.78 is 0. The van der Waals surface area contributed by atoms with E-state index in [1.54, 1.807) is 6.07 Å². The van der Waals surface area contributed by atoms with Crippen LogP contribution in [0.1, 0.15) is 5.56 Å². The average molecular weight is 251 g/mol. The van der Waals surface area contributed by atoms with E-state index in [0.717, 1.165) is 17.2 Å². The topological polar surface area (TPSA) is 70.2 Å². The summed E-state index contributed by atoms with van der Waals surface area (Å²) in [6.45, 7) is 0.895. The predicted molar refractivity (Wildman–Crippen MR) is 67.1 cm³/mol. The first kappa shape index (κ1) is 13.5. The molecule has 1 aromatic rings. The Bertz CT molecular complexity index is 455. The zero-order chi connectivity index (χ0) is 12.8. The molecule has 5 nitrogen and oxygen atoms in total. The number of hydrogen-bond donors (Lipinski definition) is 0. The lowest BCUT2D eigenvalue weighted by Gasteiger charge is -2.09. The summed E-state index contributed by atoms with van der Waals surface area (Å²) in [6.07, 6.45) is 0. The van der Waals surface area contributed by atoms with Crippen LogP contribution in [0.2, 0.25) is 0 Å². The Morgan fingerprint density at radius 1 is 1.53 bits per heavy atom. The van der Waals surface area contributed by atoms with Gasteiger partial charge < -0.3 is 4.90 Å². The molecular weight excluding hydrogens is 238 g/mol. The van der Waals surface area contributed by atoms with E-state index in [1.165, 1.54) is 23.9 Å². The number of non-ortho nitro benzene ring substituents is 1. The second-order valence-electron chi connectivity index (χ2n) is 3.70. The van der Waals surface area contributed by atoms with Crippen molar-refractivity contribution in [1.82, 2.24) is 4.90 Å². The van der Waals surface area contributed by atoms with Gasteiger partial charge in [0.1, 0.15) is 6.07 Å². The van der Waals surface area contributed by atoms with Crippen molar-refractivity contribution in [3.8, 4) is 6.07 Å². The second kappa shape index (κ2) is 6.23. The second-order valence-corrected chi connectivity index (χ2v) is 4.84. The molecule has 0 radical (unpaired) electrons. The van der Waals surface area contributed by atoms with Gasteiger partial charge in [-0.2, -0.15) is 5.26 Å². The third-order valence-electron chi connectivity index (χ3n) is 2.09. The Morgan fingerprint density at radius 2 is 2.24 bits per heavy atom. The third kappa shape index (κ3) is 4.06. The standard InChI is InChI=1S/C11H13N3O2S/c1-13(2)5-6-17-11-4-3-10(14(15)16)7-9(11)8-12/h3-4,7H,5-6H2,1-2H3. The van der Waals surface area contributed by atoms with Crippen molar-refractivity contribution in [2.75, 3.05) is 26.4 Å². The molecule has 0 amide bonds. The van der Waals surface area contributed by atoms with Crippen molar-refractivity contribution in [2.45, 2.75) is 4.90 Å². The quantitative estimate of drug-likeness (QED) is 0.455. The molecule has 17 heavy (non-hydrogen) atoms. The summed E-state index contributed by atoms with van der Waals surface area (Å²) >= 11 is 1.53. The Balaban J connectivity index is 2.79. The van der Waals surface area contributed by atoms with Gasteiger partial charge in [0, 0.05) is 29.3 Å². The maximum Gasteiger partial charge on any atom is 0.270 e.